The number of hydrogen-bond acceptors (Lipinski definition) is 4. The Morgan fingerprint density at radius 1 is 1.18 bits per heavy atom. The Morgan fingerprint density at radius 3 is 2.24 bits per heavy atom. The van der Waals surface area contributed by atoms with Crippen LogP contribution in [0.5, 0.6) is 0 Å². The van der Waals surface area contributed by atoms with E-state index in [4.69, 9.17) is 4.74 Å². The van der Waals surface area contributed by atoms with Crippen LogP contribution in [0.1, 0.15) is 41.0 Å². The number of nitrogens with one attached hydrogen (secondary N) is 2. The SMILES string of the molecule is CC(C)(O)CNCCCNC(=O)OC(C)(C)C. The van der Waals surface area contributed by atoms with E-state index in [2.05, 4.69) is 10.6 Å². The molecular formula is C12H26N2O3. The van der Waals surface area contributed by atoms with Crippen molar-refractivity contribution < 1.29 is 14.6 Å². The average molecular weight is 246 g/mol. The Balaban J connectivity index is 3.44. The van der Waals surface area contributed by atoms with Gasteiger partial charge in [-0.15, -0.1) is 0 Å². The van der Waals surface area contributed by atoms with E-state index >= 15 is 0 Å². The number of amides is 1. The normalized spacial score (nSPS) is 12.4. The minimum atomic E-state index is -0.696. The molecule has 0 radical (unpaired) electrons. The van der Waals surface area contributed by atoms with Crippen molar-refractivity contribution in [2.45, 2.75) is 52.2 Å². The minimum absolute atomic E-state index is 0.389. The molecule has 5 nitrogen and oxygen atoms in total. The molecule has 1 amide bonds. The average Bonchev–Trinajstić information content (AvgIpc) is 2.06. The predicted octanol–water partition coefficient (Wildman–Crippen LogP) is 1.26. The molecule has 3 N–H and O–H groups in total. The molecule has 0 spiro atoms. The maximum absolute atomic E-state index is 11.3. The molecule has 0 bridgehead atoms. The van der Waals surface area contributed by atoms with Crippen molar-refractivity contribution in [1.29, 1.82) is 0 Å². The molecule has 17 heavy (non-hydrogen) atoms. The van der Waals surface area contributed by atoms with Gasteiger partial charge in [0.05, 0.1) is 5.60 Å². The molecule has 0 aliphatic carbocycles. The number of hydrogen-bond donors (Lipinski definition) is 3. The molecule has 0 aliphatic heterocycles. The summed E-state index contributed by atoms with van der Waals surface area (Å²) in [7, 11) is 0. The Kier molecular flexibility index (Phi) is 6.49. The van der Waals surface area contributed by atoms with Crippen LogP contribution in [0.4, 0.5) is 4.79 Å². The van der Waals surface area contributed by atoms with Gasteiger partial charge in [0, 0.05) is 13.1 Å². The monoisotopic (exact) mass is 246 g/mol. The highest BCUT2D eigenvalue weighted by Crippen LogP contribution is 2.06. The second-order valence-corrected chi connectivity index (χ2v) is 5.77. The number of aliphatic hydroxyl groups is 1. The van der Waals surface area contributed by atoms with E-state index in [9.17, 15) is 9.90 Å². The van der Waals surface area contributed by atoms with Gasteiger partial charge in [0.15, 0.2) is 0 Å². The first kappa shape index (κ1) is 16.2. The van der Waals surface area contributed by atoms with Gasteiger partial charge in [-0.3, -0.25) is 0 Å². The molecular weight excluding hydrogens is 220 g/mol. The van der Waals surface area contributed by atoms with Crippen LogP contribution in [0, 0.1) is 0 Å². The van der Waals surface area contributed by atoms with Gasteiger partial charge in [0.25, 0.3) is 0 Å². The number of rotatable bonds is 6. The third-order valence-corrected chi connectivity index (χ3v) is 1.76. The zero-order valence-electron chi connectivity index (χ0n) is 11.6. The summed E-state index contributed by atoms with van der Waals surface area (Å²) >= 11 is 0. The molecule has 0 heterocycles. The van der Waals surface area contributed by atoms with Gasteiger partial charge in [0.2, 0.25) is 0 Å². The topological polar surface area (TPSA) is 70.6 Å². The van der Waals surface area contributed by atoms with Crippen LogP contribution >= 0.6 is 0 Å². The number of carbonyl (C=O) groups is 1. The van der Waals surface area contributed by atoms with Crippen LogP contribution in [0.2, 0.25) is 0 Å². The largest absolute Gasteiger partial charge is 0.444 e. The van der Waals surface area contributed by atoms with Gasteiger partial charge >= 0.3 is 6.09 Å². The second-order valence-electron chi connectivity index (χ2n) is 5.77. The molecule has 102 valence electrons. The fourth-order valence-corrected chi connectivity index (χ4v) is 1.11. The predicted molar refractivity (Wildman–Crippen MR) is 68.0 cm³/mol. The van der Waals surface area contributed by atoms with Crippen molar-refractivity contribution in [3.63, 3.8) is 0 Å². The Morgan fingerprint density at radius 2 is 1.76 bits per heavy atom. The van der Waals surface area contributed by atoms with Gasteiger partial charge < -0.3 is 20.5 Å². The van der Waals surface area contributed by atoms with Gasteiger partial charge in [-0.05, 0) is 47.6 Å². The molecule has 0 rings (SSSR count). The van der Waals surface area contributed by atoms with E-state index < -0.39 is 11.2 Å². The van der Waals surface area contributed by atoms with Crippen molar-refractivity contribution >= 4 is 6.09 Å². The summed E-state index contributed by atoms with van der Waals surface area (Å²) in [5.41, 5.74) is -1.15. The highest BCUT2D eigenvalue weighted by molar-refractivity contribution is 5.67. The van der Waals surface area contributed by atoms with Crippen LogP contribution in [-0.2, 0) is 4.74 Å². The maximum Gasteiger partial charge on any atom is 0.407 e. The van der Waals surface area contributed by atoms with Crippen LogP contribution < -0.4 is 10.6 Å². The van der Waals surface area contributed by atoms with E-state index in [0.29, 0.717) is 13.1 Å². The van der Waals surface area contributed by atoms with Gasteiger partial charge in [-0.2, -0.15) is 0 Å². The lowest BCUT2D eigenvalue weighted by Gasteiger charge is -2.20. The first-order chi connectivity index (χ1) is 7.60. The molecule has 0 aliphatic rings. The van der Waals surface area contributed by atoms with Crippen LogP contribution in [0.25, 0.3) is 0 Å². The molecule has 0 fully saturated rings. The van der Waals surface area contributed by atoms with Crippen molar-refractivity contribution in [2.75, 3.05) is 19.6 Å². The van der Waals surface area contributed by atoms with Crippen molar-refractivity contribution in [3.05, 3.63) is 0 Å². The molecule has 0 saturated carbocycles. The Hall–Kier alpha value is -0.810. The highest BCUT2D eigenvalue weighted by Gasteiger charge is 2.15. The lowest BCUT2D eigenvalue weighted by atomic mass is 10.1. The summed E-state index contributed by atoms with van der Waals surface area (Å²) in [4.78, 5) is 11.3. The maximum atomic E-state index is 11.3. The summed E-state index contributed by atoms with van der Waals surface area (Å²) in [6.45, 7) is 10.8. The number of ether oxygens (including phenoxy) is 1. The molecule has 0 aromatic heterocycles. The van der Waals surface area contributed by atoms with Gasteiger partial charge in [-0.25, -0.2) is 4.79 Å². The molecule has 0 saturated heterocycles. The quantitative estimate of drug-likeness (QED) is 0.617. The zero-order chi connectivity index (χ0) is 13.5. The van der Waals surface area contributed by atoms with Crippen molar-refractivity contribution in [1.82, 2.24) is 10.6 Å². The minimum Gasteiger partial charge on any atom is -0.444 e. The fraction of sp³-hybridized carbons (Fsp3) is 0.917. The lowest BCUT2D eigenvalue weighted by molar-refractivity contribution is 0.0525. The van der Waals surface area contributed by atoms with Crippen LogP contribution in [0.3, 0.4) is 0 Å². The first-order valence-electron chi connectivity index (χ1n) is 6.00. The van der Waals surface area contributed by atoms with Crippen LogP contribution in [0.15, 0.2) is 0 Å². The number of carbonyl (C=O) groups excluding carboxylic acids is 1. The van der Waals surface area contributed by atoms with Crippen LogP contribution in [-0.4, -0.2) is 42.0 Å². The third-order valence-electron chi connectivity index (χ3n) is 1.76. The molecule has 0 unspecified atom stereocenters. The van der Waals surface area contributed by atoms with Gasteiger partial charge in [-0.1, -0.05) is 0 Å². The summed E-state index contributed by atoms with van der Waals surface area (Å²) in [5.74, 6) is 0. The van der Waals surface area contributed by atoms with Crippen molar-refractivity contribution in [3.8, 4) is 0 Å². The molecule has 0 atom stereocenters. The Labute approximate surface area is 104 Å². The summed E-state index contributed by atoms with van der Waals surface area (Å²) in [5, 5.41) is 15.2. The van der Waals surface area contributed by atoms with E-state index in [1.165, 1.54) is 0 Å². The standard InChI is InChI=1S/C12H26N2O3/c1-11(2,3)17-10(15)14-8-6-7-13-9-12(4,5)16/h13,16H,6-9H2,1-5H3,(H,14,15). The van der Waals surface area contributed by atoms with E-state index in [1.807, 2.05) is 20.8 Å². The molecule has 0 aromatic carbocycles. The zero-order valence-corrected chi connectivity index (χ0v) is 11.6. The first-order valence-corrected chi connectivity index (χ1v) is 6.00. The van der Waals surface area contributed by atoms with E-state index in [0.717, 1.165) is 13.0 Å². The van der Waals surface area contributed by atoms with E-state index in [-0.39, 0.29) is 6.09 Å². The van der Waals surface area contributed by atoms with E-state index in [1.54, 1.807) is 13.8 Å². The molecule has 5 heteroatoms. The number of alkyl carbamates (subject to hydrolysis) is 1. The third kappa shape index (κ3) is 13.1. The summed E-state index contributed by atoms with van der Waals surface area (Å²) < 4.78 is 5.09. The highest BCUT2D eigenvalue weighted by atomic mass is 16.6. The second kappa shape index (κ2) is 6.81. The van der Waals surface area contributed by atoms with Crippen molar-refractivity contribution in [2.24, 2.45) is 0 Å². The van der Waals surface area contributed by atoms with Gasteiger partial charge in [0.1, 0.15) is 5.60 Å². The summed E-state index contributed by atoms with van der Waals surface area (Å²) in [6.07, 6.45) is 0.412. The fourth-order valence-electron chi connectivity index (χ4n) is 1.11. The smallest absolute Gasteiger partial charge is 0.407 e. The Bertz CT molecular complexity index is 229. The summed E-state index contributed by atoms with van der Waals surface area (Å²) in [6, 6.07) is 0. The lowest BCUT2D eigenvalue weighted by Crippen LogP contribution is -2.37. The molecule has 0 aromatic rings.